The lowest BCUT2D eigenvalue weighted by Crippen LogP contribution is -2.52. The molecular weight excluding hydrogens is 192 g/mol. The number of nitrogens with one attached hydrogen (secondary N) is 1. The van der Waals surface area contributed by atoms with Gasteiger partial charge < -0.3 is 4.90 Å². The molecule has 1 aliphatic heterocycles. The highest BCUT2D eigenvalue weighted by atomic mass is 16.2. The minimum atomic E-state index is -0.390. The van der Waals surface area contributed by atoms with Crippen molar-refractivity contribution in [3.05, 3.63) is 0 Å². The molecule has 1 rings (SSSR count). The van der Waals surface area contributed by atoms with Gasteiger partial charge in [-0.2, -0.15) is 5.26 Å². The zero-order valence-corrected chi connectivity index (χ0v) is 9.23. The average Bonchev–Trinajstić information content (AvgIpc) is 2.65. The molecule has 0 saturated carbocycles. The molecule has 2 atom stereocenters. The van der Waals surface area contributed by atoms with Crippen molar-refractivity contribution in [2.45, 2.75) is 38.8 Å². The number of carbonyl (C=O) groups excluding carboxylic acids is 1. The molecule has 1 fully saturated rings. The van der Waals surface area contributed by atoms with E-state index in [1.165, 1.54) is 0 Å². The third kappa shape index (κ3) is 2.46. The lowest BCUT2D eigenvalue weighted by Gasteiger charge is -2.27. The quantitative estimate of drug-likeness (QED) is 0.507. The number of rotatable bonds is 3. The Bertz CT molecular complexity index is 271. The molecule has 1 saturated heterocycles. The van der Waals surface area contributed by atoms with E-state index in [4.69, 9.17) is 11.1 Å². The molecule has 1 heterocycles. The number of carbonyl (C=O) groups is 1. The van der Waals surface area contributed by atoms with Crippen LogP contribution in [0.4, 0.5) is 0 Å². The van der Waals surface area contributed by atoms with Gasteiger partial charge in [-0.25, -0.2) is 5.43 Å². The van der Waals surface area contributed by atoms with Crippen LogP contribution >= 0.6 is 0 Å². The number of hydrogen-bond acceptors (Lipinski definition) is 4. The van der Waals surface area contributed by atoms with Gasteiger partial charge in [0, 0.05) is 6.54 Å². The number of amides is 1. The summed E-state index contributed by atoms with van der Waals surface area (Å²) in [6.07, 6.45) is 1.68. The standard InChI is InChI=1S/C10H18N4O/c1-7(2)9(13-12)10(15)14-5-3-4-8(14)6-11/h7-9,13H,3-5,12H2,1-2H3. The van der Waals surface area contributed by atoms with Gasteiger partial charge in [0.1, 0.15) is 12.1 Å². The van der Waals surface area contributed by atoms with Gasteiger partial charge in [0.25, 0.3) is 0 Å². The van der Waals surface area contributed by atoms with Gasteiger partial charge in [-0.1, -0.05) is 13.8 Å². The minimum Gasteiger partial charge on any atom is -0.325 e. The second-order valence-electron chi connectivity index (χ2n) is 4.21. The third-order valence-corrected chi connectivity index (χ3v) is 2.80. The van der Waals surface area contributed by atoms with Crippen molar-refractivity contribution in [1.29, 1.82) is 5.26 Å². The van der Waals surface area contributed by atoms with E-state index in [0.717, 1.165) is 12.8 Å². The molecule has 0 spiro atoms. The zero-order chi connectivity index (χ0) is 11.4. The van der Waals surface area contributed by atoms with Crippen LogP contribution in [0.2, 0.25) is 0 Å². The number of nitriles is 1. The Labute approximate surface area is 90.2 Å². The van der Waals surface area contributed by atoms with Gasteiger partial charge in [0.15, 0.2) is 0 Å². The summed E-state index contributed by atoms with van der Waals surface area (Å²) >= 11 is 0. The Kier molecular flexibility index (Phi) is 4.06. The summed E-state index contributed by atoms with van der Waals surface area (Å²) in [7, 11) is 0. The van der Waals surface area contributed by atoms with Crippen LogP contribution in [0.25, 0.3) is 0 Å². The first kappa shape index (κ1) is 12.0. The topological polar surface area (TPSA) is 82.2 Å². The summed E-state index contributed by atoms with van der Waals surface area (Å²) in [5.41, 5.74) is 2.52. The molecular formula is C10H18N4O. The molecule has 1 aliphatic rings. The maximum atomic E-state index is 12.0. The van der Waals surface area contributed by atoms with Crippen LogP contribution in [0.1, 0.15) is 26.7 Å². The van der Waals surface area contributed by atoms with E-state index in [-0.39, 0.29) is 23.9 Å². The predicted molar refractivity (Wildman–Crippen MR) is 56.3 cm³/mol. The van der Waals surface area contributed by atoms with E-state index in [1.807, 2.05) is 13.8 Å². The molecule has 5 heteroatoms. The average molecular weight is 210 g/mol. The minimum absolute atomic E-state index is 0.0587. The molecule has 0 aliphatic carbocycles. The second-order valence-corrected chi connectivity index (χ2v) is 4.21. The fraction of sp³-hybridized carbons (Fsp3) is 0.800. The van der Waals surface area contributed by atoms with Gasteiger partial charge >= 0.3 is 0 Å². The Morgan fingerprint density at radius 1 is 1.67 bits per heavy atom. The van der Waals surface area contributed by atoms with Crippen molar-refractivity contribution >= 4 is 5.91 Å². The monoisotopic (exact) mass is 210 g/mol. The SMILES string of the molecule is CC(C)C(NN)C(=O)N1CCCC1C#N. The Morgan fingerprint density at radius 3 is 2.80 bits per heavy atom. The van der Waals surface area contributed by atoms with Crippen molar-refractivity contribution < 1.29 is 4.79 Å². The van der Waals surface area contributed by atoms with Gasteiger partial charge in [0.2, 0.25) is 5.91 Å². The largest absolute Gasteiger partial charge is 0.325 e. The van der Waals surface area contributed by atoms with Crippen LogP contribution < -0.4 is 11.3 Å². The van der Waals surface area contributed by atoms with E-state index >= 15 is 0 Å². The Hall–Kier alpha value is -1.12. The molecule has 2 unspecified atom stereocenters. The Balaban J connectivity index is 2.70. The van der Waals surface area contributed by atoms with Gasteiger partial charge in [-0.05, 0) is 18.8 Å². The molecule has 5 nitrogen and oxygen atoms in total. The smallest absolute Gasteiger partial charge is 0.242 e. The number of likely N-dealkylation sites (tertiary alicyclic amines) is 1. The first-order valence-electron chi connectivity index (χ1n) is 5.28. The molecule has 3 N–H and O–H groups in total. The lowest BCUT2D eigenvalue weighted by molar-refractivity contribution is -0.134. The number of hydrazine groups is 1. The summed E-state index contributed by atoms with van der Waals surface area (Å²) in [6, 6.07) is 1.49. The first-order chi connectivity index (χ1) is 7.11. The summed E-state index contributed by atoms with van der Waals surface area (Å²) in [6.45, 7) is 4.53. The van der Waals surface area contributed by atoms with E-state index < -0.39 is 0 Å². The Morgan fingerprint density at radius 2 is 2.33 bits per heavy atom. The van der Waals surface area contributed by atoms with Crippen LogP contribution in [0.3, 0.4) is 0 Å². The summed E-state index contributed by atoms with van der Waals surface area (Å²) in [5, 5.41) is 8.88. The summed E-state index contributed by atoms with van der Waals surface area (Å²) < 4.78 is 0. The molecule has 0 aromatic carbocycles. The van der Waals surface area contributed by atoms with Crippen molar-refractivity contribution in [3.63, 3.8) is 0 Å². The second kappa shape index (κ2) is 5.10. The highest BCUT2D eigenvalue weighted by Crippen LogP contribution is 2.18. The highest BCUT2D eigenvalue weighted by molar-refractivity contribution is 5.83. The zero-order valence-electron chi connectivity index (χ0n) is 9.23. The van der Waals surface area contributed by atoms with Crippen LogP contribution in [0, 0.1) is 17.2 Å². The maximum absolute atomic E-state index is 12.0. The normalized spacial score (nSPS) is 22.9. The van der Waals surface area contributed by atoms with Crippen molar-refractivity contribution in [2.24, 2.45) is 11.8 Å². The van der Waals surface area contributed by atoms with Gasteiger partial charge in [-0.15, -0.1) is 0 Å². The number of nitrogens with zero attached hydrogens (tertiary/aromatic N) is 2. The molecule has 0 aromatic rings. The molecule has 0 aromatic heterocycles. The summed E-state index contributed by atoms with van der Waals surface area (Å²) in [5.74, 6) is 5.42. The molecule has 1 amide bonds. The van der Waals surface area contributed by atoms with E-state index in [2.05, 4.69) is 11.5 Å². The van der Waals surface area contributed by atoms with Gasteiger partial charge in [0.05, 0.1) is 6.07 Å². The van der Waals surface area contributed by atoms with Crippen LogP contribution in [0.15, 0.2) is 0 Å². The molecule has 15 heavy (non-hydrogen) atoms. The molecule has 0 radical (unpaired) electrons. The van der Waals surface area contributed by atoms with Crippen molar-refractivity contribution in [1.82, 2.24) is 10.3 Å². The van der Waals surface area contributed by atoms with Crippen LogP contribution in [0.5, 0.6) is 0 Å². The molecule has 84 valence electrons. The maximum Gasteiger partial charge on any atom is 0.242 e. The number of hydrogen-bond donors (Lipinski definition) is 2. The van der Waals surface area contributed by atoms with E-state index in [0.29, 0.717) is 6.54 Å². The summed E-state index contributed by atoms with van der Waals surface area (Å²) in [4.78, 5) is 13.6. The van der Waals surface area contributed by atoms with Crippen LogP contribution in [-0.2, 0) is 4.79 Å². The highest BCUT2D eigenvalue weighted by Gasteiger charge is 2.33. The lowest BCUT2D eigenvalue weighted by atomic mass is 10.0. The molecule has 0 bridgehead atoms. The van der Waals surface area contributed by atoms with Crippen molar-refractivity contribution in [2.75, 3.05) is 6.54 Å². The fourth-order valence-corrected chi connectivity index (χ4v) is 1.89. The predicted octanol–water partition coefficient (Wildman–Crippen LogP) is -0.0111. The first-order valence-corrected chi connectivity index (χ1v) is 5.28. The van der Waals surface area contributed by atoms with Crippen molar-refractivity contribution in [3.8, 4) is 6.07 Å². The third-order valence-electron chi connectivity index (χ3n) is 2.80. The van der Waals surface area contributed by atoms with Gasteiger partial charge in [-0.3, -0.25) is 10.6 Å². The number of nitrogens with two attached hydrogens (primary N) is 1. The van der Waals surface area contributed by atoms with Crippen LogP contribution in [-0.4, -0.2) is 29.4 Å². The fourth-order valence-electron chi connectivity index (χ4n) is 1.89. The van der Waals surface area contributed by atoms with E-state index in [9.17, 15) is 4.79 Å². The van der Waals surface area contributed by atoms with E-state index in [1.54, 1.807) is 4.90 Å².